The van der Waals surface area contributed by atoms with E-state index in [9.17, 15) is 9.59 Å². The topological polar surface area (TPSA) is 80.3 Å². The van der Waals surface area contributed by atoms with Crippen molar-refractivity contribution < 1.29 is 33.3 Å². The van der Waals surface area contributed by atoms with Crippen molar-refractivity contribution in [1.82, 2.24) is 0 Å². The number of rotatable bonds is 9. The zero-order valence-electron chi connectivity index (χ0n) is 16.0. The summed E-state index contributed by atoms with van der Waals surface area (Å²) < 4.78 is 25.7. The van der Waals surface area contributed by atoms with Crippen LogP contribution in [0, 0.1) is 0 Å². The first-order chi connectivity index (χ1) is 13.1. The standard InChI is InChI=1S/C20H26O7/c1-23-13-26-19(21)12-15(20(22)25-3)10-14-8-9-17(18(11-14)24-2)27-16-6-4-5-7-16/h8-11,16H,4-7,12-13H2,1-3H3/b15-10-. The molecule has 0 atom stereocenters. The van der Waals surface area contributed by atoms with Crippen molar-refractivity contribution >= 4 is 18.0 Å². The van der Waals surface area contributed by atoms with Gasteiger partial charge >= 0.3 is 11.9 Å². The summed E-state index contributed by atoms with van der Waals surface area (Å²) in [7, 11) is 4.23. The summed E-state index contributed by atoms with van der Waals surface area (Å²) in [4.78, 5) is 23.8. The van der Waals surface area contributed by atoms with Crippen LogP contribution in [0.15, 0.2) is 23.8 Å². The number of hydrogen-bond donors (Lipinski definition) is 0. The number of carbonyl (C=O) groups is 2. The third kappa shape index (κ3) is 6.29. The highest BCUT2D eigenvalue weighted by Gasteiger charge is 2.19. The summed E-state index contributed by atoms with van der Waals surface area (Å²) in [5.41, 5.74) is 0.857. The lowest BCUT2D eigenvalue weighted by molar-refractivity contribution is -0.154. The second kappa shape index (κ2) is 10.6. The second-order valence-corrected chi connectivity index (χ2v) is 6.20. The number of benzene rings is 1. The predicted molar refractivity (Wildman–Crippen MR) is 98.5 cm³/mol. The highest BCUT2D eigenvalue weighted by atomic mass is 16.7. The fourth-order valence-electron chi connectivity index (χ4n) is 2.90. The van der Waals surface area contributed by atoms with Gasteiger partial charge in [-0.15, -0.1) is 0 Å². The minimum absolute atomic E-state index is 0.171. The SMILES string of the molecule is COCOC(=O)C/C(=C/c1ccc(OC2CCCC2)c(OC)c1)C(=O)OC. The molecule has 1 saturated carbocycles. The van der Waals surface area contributed by atoms with Gasteiger partial charge in [-0.3, -0.25) is 4.79 Å². The lowest BCUT2D eigenvalue weighted by Crippen LogP contribution is -2.13. The van der Waals surface area contributed by atoms with E-state index in [1.807, 2.05) is 0 Å². The van der Waals surface area contributed by atoms with Gasteiger partial charge in [-0.05, 0) is 49.5 Å². The quantitative estimate of drug-likeness (QED) is 0.371. The molecule has 148 valence electrons. The Balaban J connectivity index is 2.18. The third-order valence-corrected chi connectivity index (χ3v) is 4.24. The average Bonchev–Trinajstić information content (AvgIpc) is 3.19. The minimum Gasteiger partial charge on any atom is -0.493 e. The molecule has 7 nitrogen and oxygen atoms in total. The largest absolute Gasteiger partial charge is 0.493 e. The van der Waals surface area contributed by atoms with Crippen LogP contribution in [-0.2, 0) is 23.8 Å². The molecule has 0 aliphatic heterocycles. The Bertz CT molecular complexity index is 675. The van der Waals surface area contributed by atoms with Crippen LogP contribution in [0.2, 0.25) is 0 Å². The zero-order chi connectivity index (χ0) is 19.6. The van der Waals surface area contributed by atoms with Crippen molar-refractivity contribution in [3.8, 4) is 11.5 Å². The lowest BCUT2D eigenvalue weighted by atomic mass is 10.1. The van der Waals surface area contributed by atoms with E-state index in [-0.39, 0.29) is 24.9 Å². The number of methoxy groups -OCH3 is 3. The molecular weight excluding hydrogens is 352 g/mol. The van der Waals surface area contributed by atoms with Gasteiger partial charge in [0.2, 0.25) is 0 Å². The fourth-order valence-corrected chi connectivity index (χ4v) is 2.90. The Kier molecular flexibility index (Phi) is 8.13. The number of hydrogen-bond acceptors (Lipinski definition) is 7. The molecule has 1 aromatic carbocycles. The van der Waals surface area contributed by atoms with Crippen LogP contribution in [0.25, 0.3) is 6.08 Å². The molecule has 0 N–H and O–H groups in total. The van der Waals surface area contributed by atoms with E-state index in [2.05, 4.69) is 4.74 Å². The van der Waals surface area contributed by atoms with Gasteiger partial charge in [-0.1, -0.05) is 6.07 Å². The van der Waals surface area contributed by atoms with Crippen LogP contribution >= 0.6 is 0 Å². The van der Waals surface area contributed by atoms with Gasteiger partial charge in [0, 0.05) is 12.7 Å². The highest BCUT2D eigenvalue weighted by molar-refractivity contribution is 5.98. The molecule has 0 unspecified atom stereocenters. The van der Waals surface area contributed by atoms with Crippen LogP contribution in [-0.4, -0.2) is 46.2 Å². The molecule has 1 aromatic rings. The van der Waals surface area contributed by atoms with E-state index in [1.54, 1.807) is 31.4 Å². The zero-order valence-corrected chi connectivity index (χ0v) is 16.0. The Labute approximate surface area is 159 Å². The molecule has 0 radical (unpaired) electrons. The Morgan fingerprint density at radius 1 is 1.11 bits per heavy atom. The summed E-state index contributed by atoms with van der Waals surface area (Å²) in [5.74, 6) is 0.0544. The van der Waals surface area contributed by atoms with Gasteiger partial charge < -0.3 is 23.7 Å². The maximum Gasteiger partial charge on any atom is 0.334 e. The summed E-state index contributed by atoms with van der Waals surface area (Å²) >= 11 is 0. The molecule has 0 aromatic heterocycles. The Morgan fingerprint density at radius 2 is 1.85 bits per heavy atom. The molecule has 27 heavy (non-hydrogen) atoms. The van der Waals surface area contributed by atoms with Gasteiger partial charge in [0.1, 0.15) is 0 Å². The summed E-state index contributed by atoms with van der Waals surface area (Å²) in [6, 6.07) is 5.37. The smallest absolute Gasteiger partial charge is 0.334 e. The molecule has 7 heteroatoms. The Hall–Kier alpha value is -2.54. The van der Waals surface area contributed by atoms with Gasteiger partial charge in [0.05, 0.1) is 26.7 Å². The van der Waals surface area contributed by atoms with Gasteiger partial charge in [-0.25, -0.2) is 4.79 Å². The normalized spacial score (nSPS) is 14.7. The van der Waals surface area contributed by atoms with Crippen LogP contribution in [0.1, 0.15) is 37.7 Å². The second-order valence-electron chi connectivity index (χ2n) is 6.20. The first-order valence-electron chi connectivity index (χ1n) is 8.85. The van der Waals surface area contributed by atoms with Crippen LogP contribution in [0.3, 0.4) is 0 Å². The van der Waals surface area contributed by atoms with E-state index < -0.39 is 11.9 Å². The van der Waals surface area contributed by atoms with Gasteiger partial charge in [-0.2, -0.15) is 0 Å². The average molecular weight is 378 g/mol. The van der Waals surface area contributed by atoms with Crippen molar-refractivity contribution in [3.05, 3.63) is 29.3 Å². The van der Waals surface area contributed by atoms with Crippen LogP contribution in [0.5, 0.6) is 11.5 Å². The minimum atomic E-state index is -0.602. The van der Waals surface area contributed by atoms with Crippen molar-refractivity contribution in [3.63, 3.8) is 0 Å². The lowest BCUT2D eigenvalue weighted by Gasteiger charge is -2.16. The number of ether oxygens (including phenoxy) is 5. The third-order valence-electron chi connectivity index (χ3n) is 4.24. The van der Waals surface area contributed by atoms with E-state index >= 15 is 0 Å². The predicted octanol–water partition coefficient (Wildman–Crippen LogP) is 3.11. The number of carbonyl (C=O) groups excluding carboxylic acids is 2. The molecule has 1 aliphatic carbocycles. The molecule has 0 heterocycles. The van der Waals surface area contributed by atoms with Crippen molar-refractivity contribution in [2.24, 2.45) is 0 Å². The van der Waals surface area contributed by atoms with Crippen LogP contribution in [0.4, 0.5) is 0 Å². The van der Waals surface area contributed by atoms with Crippen molar-refractivity contribution in [1.29, 1.82) is 0 Å². The van der Waals surface area contributed by atoms with Crippen molar-refractivity contribution in [2.75, 3.05) is 28.1 Å². The molecule has 0 bridgehead atoms. The maximum absolute atomic E-state index is 12.0. The first kappa shape index (κ1) is 20.8. The molecule has 0 amide bonds. The summed E-state index contributed by atoms with van der Waals surface area (Å²) in [6.07, 6.45) is 5.99. The van der Waals surface area contributed by atoms with Gasteiger partial charge in [0.15, 0.2) is 18.3 Å². The van der Waals surface area contributed by atoms with E-state index in [0.717, 1.165) is 12.8 Å². The van der Waals surface area contributed by atoms with E-state index in [0.29, 0.717) is 17.1 Å². The van der Waals surface area contributed by atoms with E-state index in [4.69, 9.17) is 18.9 Å². The maximum atomic E-state index is 12.0. The molecule has 0 spiro atoms. The summed E-state index contributed by atoms with van der Waals surface area (Å²) in [5, 5.41) is 0. The monoisotopic (exact) mass is 378 g/mol. The van der Waals surface area contributed by atoms with Crippen LogP contribution < -0.4 is 9.47 Å². The fraction of sp³-hybridized carbons (Fsp3) is 0.500. The number of esters is 2. The van der Waals surface area contributed by atoms with E-state index in [1.165, 1.54) is 27.1 Å². The Morgan fingerprint density at radius 3 is 2.48 bits per heavy atom. The highest BCUT2D eigenvalue weighted by Crippen LogP contribution is 2.33. The summed E-state index contributed by atoms with van der Waals surface area (Å²) in [6.45, 7) is -0.172. The molecule has 1 aliphatic rings. The molecule has 1 fully saturated rings. The first-order valence-corrected chi connectivity index (χ1v) is 8.85. The molecule has 0 saturated heterocycles. The van der Waals surface area contributed by atoms with Crippen molar-refractivity contribution in [2.45, 2.75) is 38.2 Å². The van der Waals surface area contributed by atoms with Gasteiger partial charge in [0.25, 0.3) is 0 Å². The molecule has 2 rings (SSSR count). The molecular formula is C20H26O7.